The van der Waals surface area contributed by atoms with Crippen molar-refractivity contribution in [1.82, 2.24) is 0 Å². The zero-order valence-corrected chi connectivity index (χ0v) is 16.8. The Labute approximate surface area is 162 Å². The Kier molecular flexibility index (Phi) is 5.90. The van der Waals surface area contributed by atoms with Gasteiger partial charge in [0, 0.05) is 10.7 Å². The largest absolute Gasteiger partial charge is 0.319 e. The van der Waals surface area contributed by atoms with E-state index in [1.807, 2.05) is 38.2 Å². The highest BCUT2D eigenvalue weighted by atomic mass is 32.2. The van der Waals surface area contributed by atoms with Crippen LogP contribution in [0.25, 0.3) is 0 Å². The maximum Gasteiger partial charge on any atom is 0.319 e. The molecule has 27 heavy (non-hydrogen) atoms. The lowest BCUT2D eigenvalue weighted by molar-refractivity contribution is 0.346. The first kappa shape index (κ1) is 19.5. The van der Waals surface area contributed by atoms with Crippen molar-refractivity contribution in [2.24, 2.45) is 4.53 Å². The van der Waals surface area contributed by atoms with Crippen LogP contribution in [0.1, 0.15) is 25.3 Å². The van der Waals surface area contributed by atoms with Crippen LogP contribution in [0.2, 0.25) is 0 Å². The van der Waals surface area contributed by atoms with Gasteiger partial charge in [0.25, 0.3) is 0 Å². The number of benzene rings is 1. The molecule has 0 fully saturated rings. The fourth-order valence-corrected chi connectivity index (χ4v) is 5.27. The van der Waals surface area contributed by atoms with Gasteiger partial charge in [0.05, 0.1) is 17.4 Å². The molecule has 1 aromatic carbocycles. The van der Waals surface area contributed by atoms with Crippen LogP contribution in [-0.2, 0) is 25.1 Å². The summed E-state index contributed by atoms with van der Waals surface area (Å²) in [6, 6.07) is 8.68. The number of hydrogen-bond donors (Lipinski definition) is 0. The van der Waals surface area contributed by atoms with E-state index in [0.29, 0.717) is 18.6 Å². The molecule has 0 N–H and O–H groups in total. The summed E-state index contributed by atoms with van der Waals surface area (Å²) in [6.07, 6.45) is 9.03. The Morgan fingerprint density at radius 1 is 1.19 bits per heavy atom. The standard InChI is InChI=1S/C20H20N2O3S2/c1-15-5-9-19(10-6-15)27(23,24)25-22-26-13-3-4-20(26)18-8-7-16(2)17(14-18)11-12-21/h3-10H,11,13-14H2,1-2H3. The van der Waals surface area contributed by atoms with Crippen molar-refractivity contribution < 1.29 is 12.7 Å². The smallest absolute Gasteiger partial charge is 0.198 e. The second-order valence-corrected chi connectivity index (χ2v) is 9.55. The highest BCUT2D eigenvalue weighted by Gasteiger charge is 2.20. The van der Waals surface area contributed by atoms with Gasteiger partial charge >= 0.3 is 10.1 Å². The third-order valence-corrected chi connectivity index (χ3v) is 7.29. The van der Waals surface area contributed by atoms with E-state index < -0.39 is 20.8 Å². The molecule has 5 nitrogen and oxygen atoms in total. The van der Waals surface area contributed by atoms with E-state index in [-0.39, 0.29) is 4.90 Å². The molecule has 0 spiro atoms. The summed E-state index contributed by atoms with van der Waals surface area (Å²) >= 11 is 0. The predicted octanol–water partition coefficient (Wildman–Crippen LogP) is 4.43. The molecular formula is C20H20N2O3S2. The Hall–Kier alpha value is -2.27. The van der Waals surface area contributed by atoms with Gasteiger partial charge in [0.2, 0.25) is 0 Å². The summed E-state index contributed by atoms with van der Waals surface area (Å²) in [7, 11) is -4.61. The van der Waals surface area contributed by atoms with Crippen LogP contribution in [0.5, 0.6) is 0 Å². The Morgan fingerprint density at radius 3 is 2.63 bits per heavy atom. The predicted molar refractivity (Wildman–Crippen MR) is 107 cm³/mol. The number of allylic oxidation sites excluding steroid dienone is 6. The molecule has 1 aliphatic carbocycles. The van der Waals surface area contributed by atoms with Gasteiger partial charge in [0.15, 0.2) is 0 Å². The molecule has 7 heteroatoms. The highest BCUT2D eigenvalue weighted by Crippen LogP contribution is 2.31. The van der Waals surface area contributed by atoms with Gasteiger partial charge in [0.1, 0.15) is 0 Å². The first-order valence-electron chi connectivity index (χ1n) is 8.46. The Bertz CT molecular complexity index is 1050. The number of nitrogens with zero attached hydrogens (tertiary/aromatic N) is 2. The number of nitriles is 1. The molecule has 0 saturated heterocycles. The topological polar surface area (TPSA) is 79.5 Å². The molecule has 140 valence electrons. The van der Waals surface area contributed by atoms with Crippen molar-refractivity contribution >= 4 is 20.8 Å². The molecule has 0 bridgehead atoms. The maximum atomic E-state index is 12.4. The lowest BCUT2D eigenvalue weighted by atomic mass is 9.92. The molecule has 1 aliphatic heterocycles. The van der Waals surface area contributed by atoms with E-state index in [2.05, 4.69) is 10.6 Å². The average molecular weight is 401 g/mol. The van der Waals surface area contributed by atoms with Crippen LogP contribution in [-0.4, -0.2) is 14.2 Å². The highest BCUT2D eigenvalue weighted by molar-refractivity contribution is 7.92. The summed E-state index contributed by atoms with van der Waals surface area (Å²) in [6.45, 7) is 3.89. The molecule has 0 saturated carbocycles. The van der Waals surface area contributed by atoms with E-state index in [1.165, 1.54) is 12.1 Å². The fraction of sp³-hybridized carbons (Fsp3) is 0.250. The van der Waals surface area contributed by atoms with Crippen LogP contribution >= 0.6 is 0 Å². The minimum Gasteiger partial charge on any atom is -0.198 e. The lowest BCUT2D eigenvalue weighted by Gasteiger charge is -2.16. The van der Waals surface area contributed by atoms with Crippen LogP contribution in [0, 0.1) is 18.3 Å². The molecule has 0 radical (unpaired) electrons. The van der Waals surface area contributed by atoms with Crippen LogP contribution in [0.3, 0.4) is 0 Å². The Morgan fingerprint density at radius 2 is 1.93 bits per heavy atom. The van der Waals surface area contributed by atoms with E-state index in [0.717, 1.165) is 27.2 Å². The van der Waals surface area contributed by atoms with Crippen molar-refractivity contribution in [1.29, 1.82) is 5.26 Å². The van der Waals surface area contributed by atoms with E-state index in [1.54, 1.807) is 12.1 Å². The van der Waals surface area contributed by atoms with Crippen molar-refractivity contribution in [2.75, 3.05) is 5.75 Å². The molecule has 2 aliphatic rings. The van der Waals surface area contributed by atoms with E-state index in [9.17, 15) is 8.42 Å². The second kappa shape index (κ2) is 8.17. The average Bonchev–Trinajstić information content (AvgIpc) is 3.11. The molecule has 3 rings (SSSR count). The van der Waals surface area contributed by atoms with E-state index >= 15 is 0 Å². The Balaban J connectivity index is 1.84. The van der Waals surface area contributed by atoms with Gasteiger partial charge in [-0.2, -0.15) is 13.7 Å². The third kappa shape index (κ3) is 4.53. The van der Waals surface area contributed by atoms with Crippen molar-refractivity contribution in [3.8, 4) is 6.07 Å². The SMILES string of the molecule is CC1=C(CC#N)CC(=C2C=CCS2=NOS(=O)(=O)c2ccc(C)cc2)C=C1. The van der Waals surface area contributed by atoms with Crippen LogP contribution < -0.4 is 0 Å². The van der Waals surface area contributed by atoms with Crippen LogP contribution in [0.15, 0.2) is 79.6 Å². The summed E-state index contributed by atoms with van der Waals surface area (Å²) in [5, 5.41) is 9.00. The molecule has 1 unspecified atom stereocenters. The first-order chi connectivity index (χ1) is 12.9. The minimum atomic E-state index is -3.93. The summed E-state index contributed by atoms with van der Waals surface area (Å²) in [5.74, 6) is 0.617. The van der Waals surface area contributed by atoms with Crippen LogP contribution in [0.4, 0.5) is 0 Å². The molecule has 1 aromatic rings. The molecule has 1 heterocycles. The van der Waals surface area contributed by atoms with Crippen molar-refractivity contribution in [3.63, 3.8) is 0 Å². The molecular weight excluding hydrogens is 380 g/mol. The maximum absolute atomic E-state index is 12.4. The fourth-order valence-electron chi connectivity index (χ4n) is 2.81. The normalized spacial score (nSPS) is 22.5. The van der Waals surface area contributed by atoms with Gasteiger partial charge in [-0.3, -0.25) is 0 Å². The quantitative estimate of drug-likeness (QED) is 0.700. The van der Waals surface area contributed by atoms with Gasteiger partial charge in [-0.25, -0.2) is 0 Å². The number of rotatable bonds is 4. The van der Waals surface area contributed by atoms with Crippen molar-refractivity contribution in [3.05, 3.63) is 75.8 Å². The summed E-state index contributed by atoms with van der Waals surface area (Å²) in [5.41, 5.74) is 4.22. The summed E-state index contributed by atoms with van der Waals surface area (Å²) < 4.78 is 33.8. The van der Waals surface area contributed by atoms with Gasteiger partial charge < -0.3 is 0 Å². The van der Waals surface area contributed by atoms with Gasteiger partial charge in [-0.1, -0.05) is 52.1 Å². The zero-order valence-electron chi connectivity index (χ0n) is 15.2. The lowest BCUT2D eigenvalue weighted by Crippen LogP contribution is -2.05. The van der Waals surface area contributed by atoms with Gasteiger partial charge in [-0.05, 0) is 54.2 Å². The number of aryl methyl sites for hydroxylation is 1. The third-order valence-electron chi connectivity index (χ3n) is 4.41. The minimum absolute atomic E-state index is 0.0919. The summed E-state index contributed by atoms with van der Waals surface area (Å²) in [4.78, 5) is 1.06. The molecule has 0 amide bonds. The van der Waals surface area contributed by atoms with Gasteiger partial charge in [-0.15, -0.1) is 4.28 Å². The monoisotopic (exact) mass is 400 g/mol. The van der Waals surface area contributed by atoms with Crippen molar-refractivity contribution in [2.45, 2.75) is 31.6 Å². The second-order valence-electron chi connectivity index (χ2n) is 6.37. The van der Waals surface area contributed by atoms with E-state index in [4.69, 9.17) is 9.55 Å². The molecule has 0 aromatic heterocycles. The molecule has 1 atom stereocenters. The zero-order chi connectivity index (χ0) is 19.4. The number of hydrogen-bond acceptors (Lipinski definition) is 5. The first-order valence-corrected chi connectivity index (χ1v) is 11.2.